The predicted molar refractivity (Wildman–Crippen MR) is 117 cm³/mol. The molecule has 0 radical (unpaired) electrons. The summed E-state index contributed by atoms with van der Waals surface area (Å²) >= 11 is 5.24. The highest BCUT2D eigenvalue weighted by Gasteiger charge is 2.20. The zero-order valence-electron chi connectivity index (χ0n) is 16.5. The summed E-state index contributed by atoms with van der Waals surface area (Å²) in [5.74, 6) is 0.342. The number of methoxy groups -OCH3 is 1. The van der Waals surface area contributed by atoms with E-state index < -0.39 is 0 Å². The van der Waals surface area contributed by atoms with Crippen molar-refractivity contribution < 1.29 is 14.3 Å². The minimum absolute atomic E-state index is 0.00469. The first kappa shape index (κ1) is 20.8. The van der Waals surface area contributed by atoms with E-state index in [1.807, 2.05) is 11.9 Å². The fraction of sp³-hybridized carbons (Fsp3) is 0.286. The Morgan fingerprint density at radius 2 is 1.69 bits per heavy atom. The van der Waals surface area contributed by atoms with Crippen LogP contribution in [0.4, 0.5) is 5.69 Å². The van der Waals surface area contributed by atoms with Crippen LogP contribution in [-0.4, -0.2) is 67.1 Å². The number of carbonyl (C=O) groups excluding carboxylic acids is 2. The maximum atomic E-state index is 12.7. The molecule has 2 N–H and O–H groups in total. The Balaban J connectivity index is 1.59. The molecule has 0 unspecified atom stereocenters. The molecule has 3 rings (SSSR count). The lowest BCUT2D eigenvalue weighted by atomic mass is 10.1. The number of nitrogens with one attached hydrogen (secondary N) is 2. The van der Waals surface area contributed by atoms with Gasteiger partial charge < -0.3 is 19.9 Å². The molecule has 0 aromatic heterocycles. The van der Waals surface area contributed by atoms with Crippen molar-refractivity contribution in [3.8, 4) is 5.75 Å². The number of carbonyl (C=O) groups is 2. The van der Waals surface area contributed by atoms with Crippen LogP contribution in [-0.2, 0) is 0 Å². The highest BCUT2D eigenvalue weighted by molar-refractivity contribution is 7.80. The molecule has 1 aliphatic rings. The molecule has 2 aromatic rings. The average Bonchev–Trinajstić information content (AvgIpc) is 2.74. The number of hydrogen-bond acceptors (Lipinski definition) is 5. The fourth-order valence-electron chi connectivity index (χ4n) is 3.00. The topological polar surface area (TPSA) is 73.9 Å². The van der Waals surface area contributed by atoms with Crippen molar-refractivity contribution in [3.05, 3.63) is 59.7 Å². The van der Waals surface area contributed by atoms with Gasteiger partial charge >= 0.3 is 0 Å². The van der Waals surface area contributed by atoms with Crippen LogP contribution in [0.15, 0.2) is 48.5 Å². The number of hydrogen-bond donors (Lipinski definition) is 2. The highest BCUT2D eigenvalue weighted by atomic mass is 32.1. The predicted octanol–water partition coefficient (Wildman–Crippen LogP) is 2.21. The van der Waals surface area contributed by atoms with E-state index in [9.17, 15) is 9.59 Å². The maximum absolute atomic E-state index is 12.7. The van der Waals surface area contributed by atoms with Crippen molar-refractivity contribution in [1.82, 2.24) is 15.1 Å². The van der Waals surface area contributed by atoms with Crippen LogP contribution in [0.3, 0.4) is 0 Å². The van der Waals surface area contributed by atoms with E-state index >= 15 is 0 Å². The van der Waals surface area contributed by atoms with Gasteiger partial charge in [-0.15, -0.1) is 0 Å². The standard InChI is InChI=1S/C21H24N4O3S/c1-24-10-12-25(13-11-24)20(27)16-4-3-5-17(14-16)22-21(29)23-19(26)15-6-8-18(28-2)9-7-15/h3-9,14H,10-13H2,1-2H3,(H2,22,23,26,29). The van der Waals surface area contributed by atoms with Gasteiger partial charge in [0, 0.05) is 43.0 Å². The first-order chi connectivity index (χ1) is 14.0. The average molecular weight is 413 g/mol. The van der Waals surface area contributed by atoms with Gasteiger partial charge in [0.2, 0.25) is 0 Å². The van der Waals surface area contributed by atoms with Crippen molar-refractivity contribution >= 4 is 34.8 Å². The van der Waals surface area contributed by atoms with E-state index in [2.05, 4.69) is 15.5 Å². The number of benzene rings is 2. The third-order valence-corrected chi connectivity index (χ3v) is 4.94. The summed E-state index contributed by atoms with van der Waals surface area (Å²) in [5.41, 5.74) is 1.70. The first-order valence-electron chi connectivity index (χ1n) is 9.30. The van der Waals surface area contributed by atoms with E-state index in [1.54, 1.807) is 55.6 Å². The Morgan fingerprint density at radius 3 is 2.34 bits per heavy atom. The van der Waals surface area contributed by atoms with Crippen LogP contribution in [0, 0.1) is 0 Å². The normalized spacial score (nSPS) is 14.2. The molecule has 1 fully saturated rings. The molecular weight excluding hydrogens is 388 g/mol. The minimum atomic E-state index is -0.324. The van der Waals surface area contributed by atoms with E-state index in [0.717, 1.165) is 13.1 Å². The Morgan fingerprint density at radius 1 is 1.00 bits per heavy atom. The third kappa shape index (κ3) is 5.52. The molecule has 8 heteroatoms. The molecule has 1 heterocycles. The van der Waals surface area contributed by atoms with Gasteiger partial charge in [0.25, 0.3) is 11.8 Å². The summed E-state index contributed by atoms with van der Waals surface area (Å²) < 4.78 is 5.09. The highest BCUT2D eigenvalue weighted by Crippen LogP contribution is 2.15. The molecule has 1 aliphatic heterocycles. The van der Waals surface area contributed by atoms with E-state index in [0.29, 0.717) is 35.7 Å². The number of amides is 2. The van der Waals surface area contributed by atoms with E-state index in [1.165, 1.54) is 0 Å². The summed E-state index contributed by atoms with van der Waals surface area (Å²) in [5, 5.41) is 5.77. The monoisotopic (exact) mass is 412 g/mol. The molecule has 0 spiro atoms. The van der Waals surface area contributed by atoms with Crippen LogP contribution in [0.25, 0.3) is 0 Å². The lowest BCUT2D eigenvalue weighted by Gasteiger charge is -2.32. The molecule has 2 aromatic carbocycles. The molecule has 0 atom stereocenters. The van der Waals surface area contributed by atoms with Gasteiger partial charge in [-0.3, -0.25) is 14.9 Å². The molecule has 7 nitrogen and oxygen atoms in total. The number of thiocarbonyl (C=S) groups is 1. The van der Waals surface area contributed by atoms with Crippen LogP contribution >= 0.6 is 12.2 Å². The maximum Gasteiger partial charge on any atom is 0.257 e. The van der Waals surface area contributed by atoms with Crippen molar-refractivity contribution in [3.63, 3.8) is 0 Å². The van der Waals surface area contributed by atoms with Crippen molar-refractivity contribution in [2.45, 2.75) is 0 Å². The second kappa shape index (κ2) is 9.49. The SMILES string of the molecule is COc1ccc(C(=O)NC(=S)Nc2cccc(C(=O)N3CCN(C)CC3)c2)cc1. The van der Waals surface area contributed by atoms with Gasteiger partial charge in [0.05, 0.1) is 7.11 Å². The molecule has 0 saturated carbocycles. The quantitative estimate of drug-likeness (QED) is 0.750. The number of likely N-dealkylation sites (N-methyl/N-ethyl adjacent to an activating group) is 1. The fourth-order valence-corrected chi connectivity index (χ4v) is 3.21. The summed E-state index contributed by atoms with van der Waals surface area (Å²) in [4.78, 5) is 29.1. The first-order valence-corrected chi connectivity index (χ1v) is 9.71. The largest absolute Gasteiger partial charge is 0.497 e. The Bertz CT molecular complexity index is 893. The molecule has 152 valence electrons. The summed E-state index contributed by atoms with van der Waals surface area (Å²) in [6.45, 7) is 3.16. The van der Waals surface area contributed by atoms with E-state index in [4.69, 9.17) is 17.0 Å². The molecule has 29 heavy (non-hydrogen) atoms. The summed E-state index contributed by atoms with van der Waals surface area (Å²) in [6.07, 6.45) is 0. The number of nitrogens with zero attached hydrogens (tertiary/aromatic N) is 2. The van der Waals surface area contributed by atoms with Gasteiger partial charge in [-0.05, 0) is 61.7 Å². The molecule has 0 aliphatic carbocycles. The van der Waals surface area contributed by atoms with Crippen LogP contribution in [0.5, 0.6) is 5.75 Å². The zero-order chi connectivity index (χ0) is 20.8. The van der Waals surface area contributed by atoms with Crippen molar-refractivity contribution in [2.75, 3.05) is 45.7 Å². The second-order valence-corrected chi connectivity index (χ2v) is 7.22. The number of piperazine rings is 1. The van der Waals surface area contributed by atoms with Gasteiger partial charge in [0.1, 0.15) is 5.75 Å². The van der Waals surface area contributed by atoms with Crippen molar-refractivity contribution in [2.24, 2.45) is 0 Å². The van der Waals surface area contributed by atoms with Crippen LogP contribution < -0.4 is 15.4 Å². The number of anilines is 1. The van der Waals surface area contributed by atoms with Crippen LogP contribution in [0.2, 0.25) is 0 Å². The zero-order valence-corrected chi connectivity index (χ0v) is 17.3. The molecular formula is C21H24N4O3S. The molecule has 0 bridgehead atoms. The van der Waals surface area contributed by atoms with Gasteiger partial charge in [0.15, 0.2) is 5.11 Å². The van der Waals surface area contributed by atoms with Gasteiger partial charge in [-0.2, -0.15) is 0 Å². The molecule has 1 saturated heterocycles. The smallest absolute Gasteiger partial charge is 0.257 e. The van der Waals surface area contributed by atoms with E-state index in [-0.39, 0.29) is 16.9 Å². The Labute approximate surface area is 175 Å². The van der Waals surface area contributed by atoms with Gasteiger partial charge in [-0.1, -0.05) is 6.07 Å². The number of ether oxygens (including phenoxy) is 1. The van der Waals surface area contributed by atoms with Gasteiger partial charge in [-0.25, -0.2) is 0 Å². The second-order valence-electron chi connectivity index (χ2n) is 6.81. The van der Waals surface area contributed by atoms with Crippen molar-refractivity contribution in [1.29, 1.82) is 0 Å². The molecule has 2 amide bonds. The summed E-state index contributed by atoms with van der Waals surface area (Å²) in [6, 6.07) is 13.8. The lowest BCUT2D eigenvalue weighted by molar-refractivity contribution is 0.0664. The third-order valence-electron chi connectivity index (χ3n) is 4.74. The Kier molecular flexibility index (Phi) is 6.79. The lowest BCUT2D eigenvalue weighted by Crippen LogP contribution is -2.47. The number of rotatable bonds is 4. The summed E-state index contributed by atoms with van der Waals surface area (Å²) in [7, 11) is 3.62. The minimum Gasteiger partial charge on any atom is -0.497 e. The van der Waals surface area contributed by atoms with Crippen LogP contribution in [0.1, 0.15) is 20.7 Å². The Hall–Kier alpha value is -2.97.